The predicted molar refractivity (Wildman–Crippen MR) is 158 cm³/mol. The van der Waals surface area contributed by atoms with Gasteiger partial charge in [0, 0.05) is 36.6 Å². The lowest BCUT2D eigenvalue weighted by molar-refractivity contribution is -0.132. The van der Waals surface area contributed by atoms with Crippen LogP contribution in [0.15, 0.2) is 54.7 Å². The van der Waals surface area contributed by atoms with Gasteiger partial charge in [-0.25, -0.2) is 23.5 Å². The molecule has 2 aromatic heterocycles. The molecule has 12 nitrogen and oxygen atoms in total. The third kappa shape index (κ3) is 6.01. The second-order valence-electron chi connectivity index (χ2n) is 10.7. The molecule has 2 aromatic carbocycles. The van der Waals surface area contributed by atoms with Gasteiger partial charge in [0.2, 0.25) is 11.8 Å². The van der Waals surface area contributed by atoms with Crippen molar-refractivity contribution in [1.29, 1.82) is 0 Å². The van der Waals surface area contributed by atoms with E-state index in [9.17, 15) is 23.9 Å². The van der Waals surface area contributed by atoms with Crippen LogP contribution in [0.4, 0.5) is 30.8 Å². The number of ether oxygens (including phenoxy) is 1. The van der Waals surface area contributed by atoms with Crippen LogP contribution in [0.1, 0.15) is 27.7 Å². The van der Waals surface area contributed by atoms with Crippen LogP contribution in [0, 0.1) is 17.6 Å². The maximum absolute atomic E-state index is 15.3. The first-order chi connectivity index (χ1) is 20.9. The average Bonchev–Trinajstić information content (AvgIpc) is 3.38. The fourth-order valence-corrected chi connectivity index (χ4v) is 4.64. The lowest BCUT2D eigenvalue weighted by atomic mass is 10.0. The molecule has 3 atom stereocenters. The van der Waals surface area contributed by atoms with Crippen molar-refractivity contribution in [3.63, 3.8) is 0 Å². The van der Waals surface area contributed by atoms with E-state index in [0.717, 1.165) is 23.1 Å². The molecule has 4 N–H and O–H groups in total. The van der Waals surface area contributed by atoms with Gasteiger partial charge in [0.25, 0.3) is 0 Å². The monoisotopic (exact) mass is 607 g/mol. The molecule has 1 fully saturated rings. The third-order valence-electron chi connectivity index (χ3n) is 7.29. The summed E-state index contributed by atoms with van der Waals surface area (Å²) in [6, 6.07) is 8.79. The maximum Gasteiger partial charge on any atom is 0.331 e. The largest absolute Gasteiger partial charge is 0.453 e. The third-order valence-corrected chi connectivity index (χ3v) is 7.29. The highest BCUT2D eigenvalue weighted by molar-refractivity contribution is 6.23. The average molecular weight is 608 g/mol. The van der Waals surface area contributed by atoms with E-state index < -0.39 is 41.5 Å². The number of rotatable bonds is 9. The van der Waals surface area contributed by atoms with Gasteiger partial charge in [0.1, 0.15) is 22.9 Å². The number of anilines is 3. The zero-order valence-electron chi connectivity index (χ0n) is 24.3. The lowest BCUT2D eigenvalue weighted by Gasteiger charge is -2.39. The van der Waals surface area contributed by atoms with E-state index >= 15 is 4.39 Å². The number of urea groups is 1. The quantitative estimate of drug-likeness (QED) is 0.201. The second kappa shape index (κ2) is 12.2. The molecule has 44 heavy (non-hydrogen) atoms. The highest BCUT2D eigenvalue weighted by atomic mass is 19.1. The van der Waals surface area contributed by atoms with E-state index in [1.54, 1.807) is 27.7 Å². The fourth-order valence-electron chi connectivity index (χ4n) is 4.64. The molecule has 0 saturated carbocycles. The molecule has 4 aromatic rings. The highest BCUT2D eigenvalue weighted by Crippen LogP contribution is 2.35. The molecule has 0 spiro atoms. The maximum atomic E-state index is 15.3. The summed E-state index contributed by atoms with van der Waals surface area (Å²) < 4.78 is 34.6. The van der Waals surface area contributed by atoms with Crippen LogP contribution in [0.5, 0.6) is 11.5 Å². The number of aromatic nitrogens is 3. The van der Waals surface area contributed by atoms with Gasteiger partial charge in [-0.3, -0.25) is 14.7 Å². The van der Waals surface area contributed by atoms with Gasteiger partial charge < -0.3 is 25.4 Å². The minimum Gasteiger partial charge on any atom is -0.453 e. The number of carbonyl (C=O) groups is 3. The number of benzene rings is 2. The molecule has 4 amide bonds. The molecule has 0 bridgehead atoms. The van der Waals surface area contributed by atoms with Crippen LogP contribution in [-0.4, -0.2) is 67.8 Å². The number of fused-ring (bicyclic) bond motifs is 1. The summed E-state index contributed by atoms with van der Waals surface area (Å²) in [5.74, 6) is -3.73. The number of hydrogen-bond acceptors (Lipinski definition) is 8. The van der Waals surface area contributed by atoms with Crippen LogP contribution in [0.3, 0.4) is 0 Å². The summed E-state index contributed by atoms with van der Waals surface area (Å²) in [6.45, 7) is 6.70. The summed E-state index contributed by atoms with van der Waals surface area (Å²) in [6.07, 6.45) is 0.790. The van der Waals surface area contributed by atoms with E-state index in [0.29, 0.717) is 16.9 Å². The summed E-state index contributed by atoms with van der Waals surface area (Å²) in [4.78, 5) is 46.2. The van der Waals surface area contributed by atoms with Gasteiger partial charge in [-0.05, 0) is 64.1 Å². The van der Waals surface area contributed by atoms with Crippen LogP contribution in [-0.2, 0) is 9.59 Å². The van der Waals surface area contributed by atoms with Crippen LogP contribution < -0.4 is 20.3 Å². The number of carbonyl (C=O) groups excluding carboxylic acids is 3. The van der Waals surface area contributed by atoms with Crippen molar-refractivity contribution < 1.29 is 33.0 Å². The normalized spacial score (nSPS) is 16.8. The number of nitrogens with one attached hydrogen (secondary N) is 3. The molecule has 230 valence electrons. The van der Waals surface area contributed by atoms with Crippen molar-refractivity contribution in [3.05, 3.63) is 66.4 Å². The first-order valence-electron chi connectivity index (χ1n) is 13.9. The molecule has 1 aliphatic heterocycles. The van der Waals surface area contributed by atoms with Crippen molar-refractivity contribution >= 4 is 46.1 Å². The number of halogens is 2. The van der Waals surface area contributed by atoms with Gasteiger partial charge >= 0.3 is 6.03 Å². The summed E-state index contributed by atoms with van der Waals surface area (Å²) in [7, 11) is 0. The minimum atomic E-state index is -1.31. The van der Waals surface area contributed by atoms with Gasteiger partial charge in [0.15, 0.2) is 23.0 Å². The number of aliphatic hydroxyl groups excluding tert-OH is 1. The molecular formula is C30H31F2N7O5. The Balaban J connectivity index is 1.35. The molecule has 0 aliphatic carbocycles. The lowest BCUT2D eigenvalue weighted by Crippen LogP contribution is -2.61. The Bertz CT molecular complexity index is 1710. The number of imide groups is 1. The van der Waals surface area contributed by atoms with Crippen LogP contribution in [0.2, 0.25) is 0 Å². The number of H-pyrrole nitrogens is 1. The molecular weight excluding hydrogens is 576 g/mol. The first kappa shape index (κ1) is 30.4. The summed E-state index contributed by atoms with van der Waals surface area (Å²) in [5, 5.41) is 22.9. The number of nitrogens with zero attached hydrogens (tertiary/aromatic N) is 4. The number of hydrogen-bond donors (Lipinski definition) is 4. The Morgan fingerprint density at radius 3 is 2.45 bits per heavy atom. The summed E-state index contributed by atoms with van der Waals surface area (Å²) >= 11 is 0. The number of amides is 4. The fraction of sp³-hybridized carbons (Fsp3) is 0.300. The zero-order chi connectivity index (χ0) is 31.7. The van der Waals surface area contributed by atoms with E-state index in [-0.39, 0.29) is 41.5 Å². The number of pyridine rings is 1. The Labute approximate surface area is 251 Å². The van der Waals surface area contributed by atoms with Gasteiger partial charge in [-0.1, -0.05) is 0 Å². The highest BCUT2D eigenvalue weighted by Gasteiger charge is 2.44. The van der Waals surface area contributed by atoms with Gasteiger partial charge in [0.05, 0.1) is 17.8 Å². The predicted octanol–water partition coefficient (Wildman–Crippen LogP) is 4.64. The molecule has 1 aliphatic rings. The minimum absolute atomic E-state index is 0.0604. The van der Waals surface area contributed by atoms with Crippen molar-refractivity contribution in [2.24, 2.45) is 5.92 Å². The Hall–Kier alpha value is -5.11. The van der Waals surface area contributed by atoms with Crippen molar-refractivity contribution in [3.8, 4) is 11.5 Å². The van der Waals surface area contributed by atoms with E-state index in [1.165, 1.54) is 41.4 Å². The molecule has 1 saturated heterocycles. The van der Waals surface area contributed by atoms with Crippen molar-refractivity contribution in [2.45, 2.75) is 45.9 Å². The molecule has 1 unspecified atom stereocenters. The number of aliphatic hydroxyl groups is 1. The van der Waals surface area contributed by atoms with E-state index in [2.05, 4.69) is 25.8 Å². The molecule has 14 heteroatoms. The van der Waals surface area contributed by atoms with Crippen molar-refractivity contribution in [1.82, 2.24) is 20.1 Å². The molecule has 5 rings (SSSR count). The topological polar surface area (TPSA) is 153 Å². The van der Waals surface area contributed by atoms with E-state index in [1.807, 2.05) is 0 Å². The van der Waals surface area contributed by atoms with E-state index in [4.69, 9.17) is 4.74 Å². The number of aromatic amines is 1. The van der Waals surface area contributed by atoms with Gasteiger partial charge in [-0.2, -0.15) is 5.10 Å². The Morgan fingerprint density at radius 1 is 1.07 bits per heavy atom. The molecule has 0 radical (unpaired) electrons. The standard InChI is InChI=1S/C30H31F2N7O5/c1-15(2)38-14-21(29(42)39(30(38)43)20-8-5-18(31)6-9-20)28(41)35-19-7-10-23(22(32)13-19)44-24-11-12-33-26-25(24)27(37-36-26)34-16(3)17(4)40/h5-13,15-17,21,40H,14H2,1-4H3,(H,35,41)(H2,33,34,36,37)/t16-,17-,21?/m1/s1. The first-order valence-corrected chi connectivity index (χ1v) is 13.9. The summed E-state index contributed by atoms with van der Waals surface area (Å²) in [5.41, 5.74) is 0.566. The second-order valence-corrected chi connectivity index (χ2v) is 10.7. The Morgan fingerprint density at radius 2 is 1.80 bits per heavy atom. The van der Waals surface area contributed by atoms with Crippen molar-refractivity contribution in [2.75, 3.05) is 22.1 Å². The smallest absolute Gasteiger partial charge is 0.331 e. The molecule has 3 heterocycles. The SMILES string of the molecule is CC(C)N1CC(C(=O)Nc2ccc(Oc3ccnc4[nH]nc(N[C@H](C)[C@@H](C)O)c34)c(F)c2)C(=O)N(c2ccc(F)cc2)C1=O. The van der Waals surface area contributed by atoms with Gasteiger partial charge in [-0.15, -0.1) is 0 Å². The zero-order valence-corrected chi connectivity index (χ0v) is 24.3. The van der Waals surface area contributed by atoms with Crippen LogP contribution >= 0.6 is 0 Å². The Kier molecular flexibility index (Phi) is 8.45. The van der Waals surface area contributed by atoms with Crippen LogP contribution in [0.25, 0.3) is 11.0 Å².